The van der Waals surface area contributed by atoms with Crippen LogP contribution in [0.2, 0.25) is 0 Å². The van der Waals surface area contributed by atoms with E-state index in [1.165, 1.54) is 27.8 Å². The lowest BCUT2D eigenvalue weighted by Crippen LogP contribution is -2.28. The molecule has 1 aliphatic heterocycles. The van der Waals surface area contributed by atoms with Crippen molar-refractivity contribution in [2.75, 3.05) is 23.8 Å². The first kappa shape index (κ1) is 14.4. The van der Waals surface area contributed by atoms with Gasteiger partial charge in [-0.05, 0) is 0 Å². The van der Waals surface area contributed by atoms with E-state index >= 15 is 0 Å². The fraction of sp³-hybridized carbons (Fsp3) is 0.400. The predicted octanol–water partition coefficient (Wildman–Crippen LogP) is 3.75. The summed E-state index contributed by atoms with van der Waals surface area (Å²) in [6.45, 7) is 1.98. The van der Waals surface area contributed by atoms with Gasteiger partial charge in [0.1, 0.15) is 5.01 Å². The number of aromatic nitrogens is 1. The molecular formula is C15H18N2S3. The smallest absolute Gasteiger partial charge is 0.107 e. The summed E-state index contributed by atoms with van der Waals surface area (Å²) in [5, 5.41) is 7.64. The molecule has 0 amide bonds. The molecule has 2 nitrogen and oxygen atoms in total. The van der Waals surface area contributed by atoms with Crippen molar-refractivity contribution in [1.82, 2.24) is 10.3 Å². The molecule has 2 aromatic rings. The molecule has 0 aliphatic carbocycles. The van der Waals surface area contributed by atoms with E-state index in [0.29, 0.717) is 0 Å². The minimum Gasteiger partial charge on any atom is -0.309 e. The van der Waals surface area contributed by atoms with Gasteiger partial charge in [0.2, 0.25) is 0 Å². The summed E-state index contributed by atoms with van der Waals surface area (Å²) >= 11 is 5.92. The van der Waals surface area contributed by atoms with Gasteiger partial charge in [-0.25, -0.2) is 4.98 Å². The summed E-state index contributed by atoms with van der Waals surface area (Å²) in [6, 6.07) is 10.4. The standard InChI is InChI=1S/C15H18N2S3/c1-2-4-12(5-3-1)14-11-20-15(17-14)9-16-8-13-10-18-6-7-19-13/h1-5,11,13,16H,6-10H2. The van der Waals surface area contributed by atoms with Gasteiger partial charge in [0.15, 0.2) is 0 Å². The molecule has 106 valence electrons. The van der Waals surface area contributed by atoms with Crippen LogP contribution in [0.5, 0.6) is 0 Å². The Bertz CT molecular complexity index is 521. The molecule has 5 heteroatoms. The van der Waals surface area contributed by atoms with Gasteiger partial charge in [-0.3, -0.25) is 0 Å². The molecule has 1 fully saturated rings. The fourth-order valence-electron chi connectivity index (χ4n) is 2.13. The minimum atomic E-state index is 0.766. The zero-order valence-electron chi connectivity index (χ0n) is 11.2. The van der Waals surface area contributed by atoms with Crippen molar-refractivity contribution >= 4 is 34.9 Å². The van der Waals surface area contributed by atoms with Crippen LogP contribution in [0.4, 0.5) is 0 Å². The molecule has 1 aromatic carbocycles. The van der Waals surface area contributed by atoms with Crippen LogP contribution in [0.15, 0.2) is 35.7 Å². The zero-order valence-corrected chi connectivity index (χ0v) is 13.7. The second kappa shape index (κ2) is 7.50. The second-order valence-electron chi connectivity index (χ2n) is 4.69. The number of nitrogens with one attached hydrogen (secondary N) is 1. The van der Waals surface area contributed by atoms with Crippen LogP contribution in [-0.2, 0) is 6.54 Å². The molecule has 0 saturated carbocycles. The highest BCUT2D eigenvalue weighted by Gasteiger charge is 2.13. The van der Waals surface area contributed by atoms with Crippen LogP contribution in [0.1, 0.15) is 5.01 Å². The topological polar surface area (TPSA) is 24.9 Å². The van der Waals surface area contributed by atoms with Crippen molar-refractivity contribution in [3.05, 3.63) is 40.7 Å². The van der Waals surface area contributed by atoms with Gasteiger partial charge in [0.05, 0.1) is 5.69 Å². The Morgan fingerprint density at radius 3 is 2.90 bits per heavy atom. The summed E-state index contributed by atoms with van der Waals surface area (Å²) < 4.78 is 0. The Balaban J connectivity index is 1.50. The molecule has 2 heterocycles. The second-order valence-corrected chi connectivity index (χ2v) is 8.19. The highest BCUT2D eigenvalue weighted by Crippen LogP contribution is 2.24. The number of hydrogen-bond acceptors (Lipinski definition) is 5. The van der Waals surface area contributed by atoms with E-state index < -0.39 is 0 Å². The third-order valence-electron chi connectivity index (χ3n) is 3.15. The van der Waals surface area contributed by atoms with Crippen LogP contribution in [-0.4, -0.2) is 34.0 Å². The highest BCUT2D eigenvalue weighted by molar-refractivity contribution is 8.06. The molecule has 1 aliphatic rings. The van der Waals surface area contributed by atoms with E-state index in [0.717, 1.165) is 24.0 Å². The molecule has 1 atom stereocenters. The van der Waals surface area contributed by atoms with Gasteiger partial charge < -0.3 is 5.32 Å². The summed E-state index contributed by atoms with van der Waals surface area (Å²) in [6.07, 6.45) is 0. The molecule has 0 bridgehead atoms. The first-order valence-corrected chi connectivity index (χ1v) is 9.90. The third kappa shape index (κ3) is 4.01. The molecule has 0 spiro atoms. The quantitative estimate of drug-likeness (QED) is 0.906. The lowest BCUT2D eigenvalue weighted by atomic mass is 10.2. The number of nitrogens with zero attached hydrogens (tertiary/aromatic N) is 1. The van der Waals surface area contributed by atoms with Gasteiger partial charge >= 0.3 is 0 Å². The lowest BCUT2D eigenvalue weighted by Gasteiger charge is -2.20. The Kier molecular flexibility index (Phi) is 5.42. The molecule has 1 saturated heterocycles. The van der Waals surface area contributed by atoms with Crippen LogP contribution in [0.25, 0.3) is 11.3 Å². The van der Waals surface area contributed by atoms with Crippen molar-refractivity contribution in [2.24, 2.45) is 0 Å². The highest BCUT2D eigenvalue weighted by atomic mass is 32.2. The summed E-state index contributed by atoms with van der Waals surface area (Å²) in [7, 11) is 0. The van der Waals surface area contributed by atoms with Crippen molar-refractivity contribution in [3.63, 3.8) is 0 Å². The van der Waals surface area contributed by atoms with E-state index in [2.05, 4.69) is 58.5 Å². The summed E-state index contributed by atoms with van der Waals surface area (Å²) in [4.78, 5) is 4.71. The number of benzene rings is 1. The largest absolute Gasteiger partial charge is 0.309 e. The summed E-state index contributed by atoms with van der Waals surface area (Å²) in [5.74, 6) is 3.89. The number of hydrogen-bond donors (Lipinski definition) is 1. The molecule has 1 unspecified atom stereocenters. The Labute approximate surface area is 132 Å². The lowest BCUT2D eigenvalue weighted by molar-refractivity contribution is 0.683. The molecule has 1 N–H and O–H groups in total. The number of thioether (sulfide) groups is 2. The van der Waals surface area contributed by atoms with Crippen molar-refractivity contribution in [2.45, 2.75) is 11.8 Å². The first-order valence-electron chi connectivity index (χ1n) is 6.82. The maximum atomic E-state index is 4.71. The van der Waals surface area contributed by atoms with E-state index in [-0.39, 0.29) is 0 Å². The zero-order chi connectivity index (χ0) is 13.6. The molecule has 1 aromatic heterocycles. The fourth-order valence-corrected chi connectivity index (χ4v) is 5.55. The van der Waals surface area contributed by atoms with E-state index in [1.807, 2.05) is 6.07 Å². The van der Waals surface area contributed by atoms with Gasteiger partial charge in [-0.2, -0.15) is 23.5 Å². The number of rotatable bonds is 5. The monoisotopic (exact) mass is 322 g/mol. The van der Waals surface area contributed by atoms with E-state index in [4.69, 9.17) is 4.98 Å². The first-order chi connectivity index (χ1) is 9.92. The Morgan fingerprint density at radius 1 is 1.20 bits per heavy atom. The molecule has 0 radical (unpaired) electrons. The average Bonchev–Trinajstić information content (AvgIpc) is 2.98. The SMILES string of the molecule is c1ccc(-c2csc(CNCC3CSCCS3)n2)cc1. The maximum Gasteiger partial charge on any atom is 0.107 e. The van der Waals surface area contributed by atoms with Crippen molar-refractivity contribution < 1.29 is 0 Å². The summed E-state index contributed by atoms with van der Waals surface area (Å²) in [5.41, 5.74) is 2.30. The van der Waals surface area contributed by atoms with Gasteiger partial charge in [0.25, 0.3) is 0 Å². The Hall–Kier alpha value is -0.490. The minimum absolute atomic E-state index is 0.766. The maximum absolute atomic E-state index is 4.71. The molecule has 20 heavy (non-hydrogen) atoms. The van der Waals surface area contributed by atoms with Gasteiger partial charge in [-0.15, -0.1) is 11.3 Å². The number of thiazole rings is 1. The van der Waals surface area contributed by atoms with Gasteiger partial charge in [0, 0.05) is 46.5 Å². The predicted molar refractivity (Wildman–Crippen MR) is 92.8 cm³/mol. The normalized spacial score (nSPS) is 19.1. The van der Waals surface area contributed by atoms with Crippen molar-refractivity contribution in [3.8, 4) is 11.3 Å². The van der Waals surface area contributed by atoms with Crippen molar-refractivity contribution in [1.29, 1.82) is 0 Å². The van der Waals surface area contributed by atoms with Gasteiger partial charge in [-0.1, -0.05) is 30.3 Å². The van der Waals surface area contributed by atoms with E-state index in [1.54, 1.807) is 11.3 Å². The van der Waals surface area contributed by atoms with Crippen LogP contribution in [0, 0.1) is 0 Å². The van der Waals surface area contributed by atoms with E-state index in [9.17, 15) is 0 Å². The molecular weight excluding hydrogens is 304 g/mol. The molecule has 3 rings (SSSR count). The van der Waals surface area contributed by atoms with Crippen LogP contribution < -0.4 is 5.32 Å². The van der Waals surface area contributed by atoms with Crippen LogP contribution in [0.3, 0.4) is 0 Å². The average molecular weight is 323 g/mol. The van der Waals surface area contributed by atoms with Crippen LogP contribution >= 0.6 is 34.9 Å². The Morgan fingerprint density at radius 2 is 2.10 bits per heavy atom. The third-order valence-corrected chi connectivity index (χ3v) is 6.85.